The van der Waals surface area contributed by atoms with Crippen LogP contribution < -0.4 is 9.46 Å². The first-order valence-electron chi connectivity index (χ1n) is 17.1. The van der Waals surface area contributed by atoms with Gasteiger partial charge in [-0.25, -0.2) is 40.6 Å². The Morgan fingerprint density at radius 2 is 1.56 bits per heavy atom. The summed E-state index contributed by atoms with van der Waals surface area (Å²) in [5.41, 5.74) is -1.30. The lowest BCUT2D eigenvalue weighted by atomic mass is 10.0. The van der Waals surface area contributed by atoms with Gasteiger partial charge in [-0.15, -0.1) is 0 Å². The molecule has 5 rings (SSSR count). The van der Waals surface area contributed by atoms with E-state index >= 15 is 13.2 Å². The number of halogens is 4. The van der Waals surface area contributed by atoms with Crippen LogP contribution in [0.1, 0.15) is 5.69 Å². The molecule has 1 N–H and O–H groups in total. The number of ether oxygens (including phenoxy) is 3. The average molecular weight is 805 g/mol. The van der Waals surface area contributed by atoms with Crippen molar-refractivity contribution >= 4 is 48.8 Å². The highest BCUT2D eigenvalue weighted by Crippen LogP contribution is 2.39. The maximum absolute atomic E-state index is 16.9. The van der Waals surface area contributed by atoms with Crippen LogP contribution in [0.4, 0.5) is 23.2 Å². The molecule has 0 unspecified atom stereocenters. The topological polar surface area (TPSA) is 122 Å². The molecule has 54 heavy (non-hydrogen) atoms. The van der Waals surface area contributed by atoms with Gasteiger partial charge in [-0.05, 0) is 36.4 Å². The third-order valence-corrected chi connectivity index (χ3v) is 13.2. The fourth-order valence-electron chi connectivity index (χ4n) is 5.46. The Kier molecular flexibility index (Phi) is 12.2. The van der Waals surface area contributed by atoms with E-state index in [1.165, 1.54) is 16.8 Å². The number of nitrogens with zero attached hydrogens (tertiary/aromatic N) is 5. The average Bonchev–Trinajstić information content (AvgIpc) is 3.67. The first-order valence-corrected chi connectivity index (χ1v) is 26.0. The number of nitrogens with one attached hydrogen (secondary N) is 1. The van der Waals surface area contributed by atoms with E-state index in [4.69, 9.17) is 19.3 Å². The summed E-state index contributed by atoms with van der Waals surface area (Å²) in [6, 6.07) is 6.67. The minimum atomic E-state index is -4.72. The highest BCUT2D eigenvalue weighted by atomic mass is 32.2. The molecule has 290 valence electrons. The number of aromatic nitrogens is 5. The first-order chi connectivity index (χ1) is 25.3. The summed E-state index contributed by atoms with van der Waals surface area (Å²) >= 11 is 0. The van der Waals surface area contributed by atoms with Gasteiger partial charge in [0.15, 0.2) is 22.4 Å². The summed E-state index contributed by atoms with van der Waals surface area (Å²) in [5.74, 6) is -4.73. The van der Waals surface area contributed by atoms with E-state index in [0.717, 1.165) is 37.5 Å². The van der Waals surface area contributed by atoms with Crippen molar-refractivity contribution < 1.29 is 40.2 Å². The summed E-state index contributed by atoms with van der Waals surface area (Å²) in [4.78, 5) is 7.44. The number of hydrogen-bond acceptors (Lipinski definition) is 8. The van der Waals surface area contributed by atoms with Crippen LogP contribution in [0.5, 0.6) is 5.88 Å². The molecule has 0 fully saturated rings. The molecule has 0 amide bonds. The predicted octanol–water partition coefficient (Wildman–Crippen LogP) is 8.60. The van der Waals surface area contributed by atoms with E-state index in [0.29, 0.717) is 30.8 Å². The zero-order chi connectivity index (χ0) is 39.6. The van der Waals surface area contributed by atoms with Gasteiger partial charge < -0.3 is 14.2 Å². The van der Waals surface area contributed by atoms with E-state index in [-0.39, 0.29) is 30.1 Å². The summed E-state index contributed by atoms with van der Waals surface area (Å²) in [7, 11) is -6.46. The molecule has 5 aromatic rings. The number of fused-ring (bicyclic) bond motifs is 1. The van der Waals surface area contributed by atoms with Crippen LogP contribution in [0, 0.1) is 23.3 Å². The van der Waals surface area contributed by atoms with Gasteiger partial charge >= 0.3 is 0 Å². The molecule has 0 aliphatic carbocycles. The maximum Gasteiger partial charge on any atom is 0.267 e. The fraction of sp³-hybridized carbons (Fsp3) is 0.361. The quantitative estimate of drug-likeness (QED) is 0.0564. The second-order valence-corrected chi connectivity index (χ2v) is 28.0. The molecule has 0 spiro atoms. The zero-order valence-electron chi connectivity index (χ0n) is 31.3. The van der Waals surface area contributed by atoms with Crippen LogP contribution in [0.25, 0.3) is 39.6 Å². The Morgan fingerprint density at radius 3 is 2.19 bits per heavy atom. The van der Waals surface area contributed by atoms with Crippen molar-refractivity contribution in [2.45, 2.75) is 69.7 Å². The molecule has 18 heteroatoms. The van der Waals surface area contributed by atoms with Crippen molar-refractivity contribution in [3.05, 3.63) is 78.3 Å². The lowest BCUT2D eigenvalue weighted by Crippen LogP contribution is -2.22. The van der Waals surface area contributed by atoms with E-state index in [2.05, 4.69) is 55.8 Å². The summed E-state index contributed by atoms with van der Waals surface area (Å²) in [5, 5.41) is 4.98. The van der Waals surface area contributed by atoms with Gasteiger partial charge in [0.05, 0.1) is 36.4 Å². The number of methoxy groups -OCH3 is 1. The van der Waals surface area contributed by atoms with Crippen molar-refractivity contribution in [3.8, 4) is 28.5 Å². The van der Waals surface area contributed by atoms with Crippen molar-refractivity contribution in [2.75, 3.05) is 25.0 Å². The lowest BCUT2D eigenvalue weighted by Gasteiger charge is -2.16. The molecular weight excluding hydrogens is 761 g/mol. The number of rotatable bonds is 17. The standard InChI is InChI=1S/C36H44F4N6O5SSi2/c1-9-24-20-41-35(45(24)21-50-14-16-53(3,4)5)33-26-11-10-25(31(39)34(26)46(43-33)22-51-15-17-54(6,7)8)30-27(38)12-13-28(32(30)40)44-52(47,48)29-18-23(37)19-42-36(29)49-2/h9-13,18-20,44H,1,14-17,21-22H2,2-8H3. The minimum Gasteiger partial charge on any atom is -0.480 e. The molecule has 3 aromatic heterocycles. The first kappa shape index (κ1) is 40.8. The Bertz CT molecular complexity index is 2290. The molecule has 0 saturated heterocycles. The van der Waals surface area contributed by atoms with Crippen LogP contribution in [-0.4, -0.2) is 69.2 Å². The maximum atomic E-state index is 16.9. The number of pyridine rings is 1. The predicted molar refractivity (Wildman–Crippen MR) is 206 cm³/mol. The minimum absolute atomic E-state index is 0.120. The van der Waals surface area contributed by atoms with Gasteiger partial charge in [-0.2, -0.15) is 5.10 Å². The summed E-state index contributed by atoms with van der Waals surface area (Å²) in [6.07, 6.45) is 3.95. The van der Waals surface area contributed by atoms with E-state index in [1.54, 1.807) is 16.8 Å². The Labute approximate surface area is 314 Å². The van der Waals surface area contributed by atoms with Crippen molar-refractivity contribution in [1.82, 2.24) is 24.3 Å². The highest BCUT2D eigenvalue weighted by molar-refractivity contribution is 7.92. The number of benzene rings is 2. The van der Waals surface area contributed by atoms with E-state index < -0.39 is 77.0 Å². The normalized spacial score (nSPS) is 12.4. The second-order valence-electron chi connectivity index (χ2n) is 15.1. The van der Waals surface area contributed by atoms with E-state index in [1.807, 2.05) is 4.72 Å². The molecule has 11 nitrogen and oxygen atoms in total. The van der Waals surface area contributed by atoms with Crippen LogP contribution in [0.15, 0.2) is 54.2 Å². The molecule has 0 atom stereocenters. The monoisotopic (exact) mass is 804 g/mol. The van der Waals surface area contributed by atoms with Gasteiger partial charge in [0.1, 0.15) is 36.3 Å². The van der Waals surface area contributed by atoms with Crippen LogP contribution in [-0.2, 0) is 33.0 Å². The van der Waals surface area contributed by atoms with Gasteiger partial charge in [-0.3, -0.25) is 9.29 Å². The SMILES string of the molecule is C=Cc1cnc(-c2nn(COCC[Si](C)(C)C)c3c(F)c(-c4c(F)ccc(NS(=O)(=O)c5cc(F)cnc5OC)c4F)ccc23)n1COCC[Si](C)(C)C. The number of anilines is 1. The smallest absolute Gasteiger partial charge is 0.267 e. The van der Waals surface area contributed by atoms with Crippen LogP contribution in [0.3, 0.4) is 0 Å². The van der Waals surface area contributed by atoms with Gasteiger partial charge in [0.25, 0.3) is 10.0 Å². The van der Waals surface area contributed by atoms with Gasteiger partial charge in [0.2, 0.25) is 5.88 Å². The molecule has 0 saturated carbocycles. The number of sulfonamides is 1. The van der Waals surface area contributed by atoms with Crippen LogP contribution >= 0.6 is 0 Å². The zero-order valence-corrected chi connectivity index (χ0v) is 34.1. The molecule has 2 aromatic carbocycles. The van der Waals surface area contributed by atoms with E-state index in [9.17, 15) is 12.8 Å². The molecular formula is C36H44F4N6O5SSi2. The third kappa shape index (κ3) is 9.11. The third-order valence-electron chi connectivity index (χ3n) is 8.46. The Balaban J connectivity index is 1.61. The van der Waals surface area contributed by atoms with Crippen molar-refractivity contribution in [3.63, 3.8) is 0 Å². The molecule has 0 aliphatic heterocycles. The van der Waals surface area contributed by atoms with Gasteiger partial charge in [-0.1, -0.05) is 51.9 Å². The van der Waals surface area contributed by atoms with Crippen molar-refractivity contribution in [2.24, 2.45) is 0 Å². The largest absolute Gasteiger partial charge is 0.480 e. The Hall–Kier alpha value is -4.37. The molecule has 0 aliphatic rings. The highest BCUT2D eigenvalue weighted by Gasteiger charge is 2.29. The lowest BCUT2D eigenvalue weighted by molar-refractivity contribution is 0.0812. The van der Waals surface area contributed by atoms with Crippen molar-refractivity contribution in [1.29, 1.82) is 0 Å². The van der Waals surface area contributed by atoms with Crippen LogP contribution in [0.2, 0.25) is 51.4 Å². The summed E-state index contributed by atoms with van der Waals surface area (Å²) in [6.45, 7) is 18.0. The molecule has 0 radical (unpaired) electrons. The Morgan fingerprint density at radius 1 is 0.889 bits per heavy atom. The molecule has 0 bridgehead atoms. The number of imidazole rings is 1. The second kappa shape index (κ2) is 16.2. The summed E-state index contributed by atoms with van der Waals surface area (Å²) < 4.78 is 111. The molecule has 3 heterocycles. The number of hydrogen-bond donors (Lipinski definition) is 1. The fourth-order valence-corrected chi connectivity index (χ4v) is 8.16. The van der Waals surface area contributed by atoms with Gasteiger partial charge in [0, 0.05) is 46.4 Å².